The van der Waals surface area contributed by atoms with E-state index in [9.17, 15) is 0 Å². The van der Waals surface area contributed by atoms with Crippen LogP contribution in [0.1, 0.15) is 44.1 Å². The van der Waals surface area contributed by atoms with E-state index >= 15 is 0 Å². The summed E-state index contributed by atoms with van der Waals surface area (Å²) >= 11 is 0. The first kappa shape index (κ1) is 12.4. The molecule has 22 heavy (non-hydrogen) atoms. The lowest BCUT2D eigenvalue weighted by atomic mass is 9.50. The van der Waals surface area contributed by atoms with Gasteiger partial charge in [-0.2, -0.15) is 0 Å². The van der Waals surface area contributed by atoms with Crippen molar-refractivity contribution >= 4 is 5.69 Å². The van der Waals surface area contributed by atoms with Gasteiger partial charge in [0.25, 0.3) is 0 Å². The molecule has 3 saturated heterocycles. The van der Waals surface area contributed by atoms with Gasteiger partial charge in [0.05, 0.1) is 5.41 Å². The number of benzene rings is 1. The second-order valence-corrected chi connectivity index (χ2v) is 8.12. The molecule has 1 saturated carbocycles. The summed E-state index contributed by atoms with van der Waals surface area (Å²) in [7, 11) is 0. The Hall–Kier alpha value is -1.06. The van der Waals surface area contributed by atoms with Gasteiger partial charge in [-0.05, 0) is 50.2 Å². The van der Waals surface area contributed by atoms with Crippen molar-refractivity contribution in [2.24, 2.45) is 5.41 Å². The smallest absolute Gasteiger partial charge is 0.139 e. The summed E-state index contributed by atoms with van der Waals surface area (Å²) in [5.41, 5.74) is 3.52. The molecule has 1 aromatic rings. The molecule has 4 fully saturated rings. The standard InChI is InChI=1S/C19H24N2O/c1-2-5-15-14(4-1)18-9-12-21-11-3-7-17(8-6-16(18)20-15)10-13-22-19(17,18)21/h1-2,4-5,16,20H,3,6-13H2. The zero-order valence-corrected chi connectivity index (χ0v) is 13.1. The van der Waals surface area contributed by atoms with Crippen molar-refractivity contribution in [2.45, 2.75) is 55.7 Å². The van der Waals surface area contributed by atoms with E-state index in [0.717, 1.165) is 6.61 Å². The Balaban J connectivity index is 1.67. The highest BCUT2D eigenvalue weighted by molar-refractivity contribution is 5.65. The summed E-state index contributed by atoms with van der Waals surface area (Å²) in [4.78, 5) is 2.75. The van der Waals surface area contributed by atoms with E-state index in [0.29, 0.717) is 11.5 Å². The van der Waals surface area contributed by atoms with Crippen LogP contribution in [-0.4, -0.2) is 36.4 Å². The maximum absolute atomic E-state index is 6.77. The minimum Gasteiger partial charge on any atom is -0.381 e. The topological polar surface area (TPSA) is 24.5 Å². The quantitative estimate of drug-likeness (QED) is 0.796. The van der Waals surface area contributed by atoms with E-state index in [1.165, 1.54) is 57.3 Å². The normalized spacial score (nSPS) is 48.3. The second kappa shape index (κ2) is 3.70. The second-order valence-electron chi connectivity index (χ2n) is 8.12. The summed E-state index contributed by atoms with van der Waals surface area (Å²) < 4.78 is 6.77. The number of hydrogen-bond donors (Lipinski definition) is 1. The lowest BCUT2D eigenvalue weighted by Gasteiger charge is -2.62. The number of rotatable bonds is 0. The van der Waals surface area contributed by atoms with Crippen LogP contribution in [-0.2, 0) is 10.2 Å². The minimum atomic E-state index is -0.0131. The number of para-hydroxylation sites is 1. The molecule has 0 radical (unpaired) electrons. The van der Waals surface area contributed by atoms with Gasteiger partial charge in [0, 0.05) is 36.8 Å². The fourth-order valence-electron chi connectivity index (χ4n) is 7.22. The first-order valence-corrected chi connectivity index (χ1v) is 9.08. The number of nitrogens with one attached hydrogen (secondary N) is 1. The average molecular weight is 296 g/mol. The number of fused-ring (bicyclic) bond motifs is 1. The van der Waals surface area contributed by atoms with E-state index in [2.05, 4.69) is 34.5 Å². The van der Waals surface area contributed by atoms with E-state index in [-0.39, 0.29) is 11.1 Å². The van der Waals surface area contributed by atoms with Crippen molar-refractivity contribution in [1.29, 1.82) is 0 Å². The van der Waals surface area contributed by atoms with Crippen LogP contribution in [0.3, 0.4) is 0 Å². The summed E-state index contributed by atoms with van der Waals surface area (Å²) in [6.45, 7) is 3.42. The number of nitrogens with zero attached hydrogens (tertiary/aromatic N) is 1. The van der Waals surface area contributed by atoms with Crippen LogP contribution >= 0.6 is 0 Å². The van der Waals surface area contributed by atoms with Gasteiger partial charge < -0.3 is 10.1 Å². The third-order valence-electron chi connectivity index (χ3n) is 7.76. The fourth-order valence-corrected chi connectivity index (χ4v) is 7.22. The van der Waals surface area contributed by atoms with Crippen molar-refractivity contribution in [3.05, 3.63) is 29.8 Å². The van der Waals surface area contributed by atoms with Crippen molar-refractivity contribution in [2.75, 3.05) is 25.0 Å². The number of anilines is 1. The molecule has 0 aromatic heterocycles. The van der Waals surface area contributed by atoms with Crippen LogP contribution in [0, 0.1) is 5.41 Å². The molecule has 1 aliphatic carbocycles. The van der Waals surface area contributed by atoms with Gasteiger partial charge in [-0.15, -0.1) is 0 Å². The third kappa shape index (κ3) is 1.03. The highest BCUT2D eigenvalue weighted by Gasteiger charge is 2.78. The largest absolute Gasteiger partial charge is 0.381 e. The molecular weight excluding hydrogens is 272 g/mol. The monoisotopic (exact) mass is 296 g/mol. The van der Waals surface area contributed by atoms with Crippen LogP contribution in [0.4, 0.5) is 5.69 Å². The molecule has 6 rings (SSSR count). The first-order valence-electron chi connectivity index (χ1n) is 9.08. The molecule has 0 amide bonds. The SMILES string of the molecule is c1ccc2c(c1)NC1CCC34CCCN5CCC21C53OCC4. The van der Waals surface area contributed by atoms with Crippen LogP contribution < -0.4 is 5.32 Å². The Morgan fingerprint density at radius 2 is 2.05 bits per heavy atom. The molecule has 4 atom stereocenters. The summed E-state index contributed by atoms with van der Waals surface area (Å²) in [6, 6.07) is 9.63. The lowest BCUT2D eigenvalue weighted by Crippen LogP contribution is -2.72. The fraction of sp³-hybridized carbons (Fsp3) is 0.684. The molecule has 2 spiro atoms. The Labute approximate surface area is 132 Å². The predicted octanol–water partition coefficient (Wildman–Crippen LogP) is 3.11. The summed E-state index contributed by atoms with van der Waals surface area (Å²) in [5, 5.41) is 3.89. The first-order chi connectivity index (χ1) is 10.8. The molecule has 1 aromatic carbocycles. The van der Waals surface area contributed by atoms with Gasteiger partial charge in [-0.3, -0.25) is 4.90 Å². The Morgan fingerprint density at radius 3 is 3.05 bits per heavy atom. The number of hydrogen-bond acceptors (Lipinski definition) is 3. The molecule has 5 aliphatic rings. The van der Waals surface area contributed by atoms with Crippen LogP contribution in [0.2, 0.25) is 0 Å². The maximum Gasteiger partial charge on any atom is 0.139 e. The zero-order valence-electron chi connectivity index (χ0n) is 13.1. The van der Waals surface area contributed by atoms with Crippen molar-refractivity contribution < 1.29 is 4.74 Å². The van der Waals surface area contributed by atoms with E-state index in [4.69, 9.17) is 4.74 Å². The molecular formula is C19H24N2O. The Morgan fingerprint density at radius 1 is 1.09 bits per heavy atom. The number of piperidine rings is 1. The predicted molar refractivity (Wildman–Crippen MR) is 85.9 cm³/mol. The minimum absolute atomic E-state index is 0.0131. The van der Waals surface area contributed by atoms with E-state index < -0.39 is 0 Å². The van der Waals surface area contributed by atoms with Gasteiger partial charge >= 0.3 is 0 Å². The molecule has 116 valence electrons. The van der Waals surface area contributed by atoms with Gasteiger partial charge in [-0.25, -0.2) is 0 Å². The number of ether oxygens (including phenoxy) is 1. The average Bonchev–Trinajstić information content (AvgIpc) is 3.19. The molecule has 4 aliphatic heterocycles. The van der Waals surface area contributed by atoms with Crippen LogP contribution in [0.15, 0.2) is 24.3 Å². The molecule has 3 heteroatoms. The van der Waals surface area contributed by atoms with Gasteiger partial charge in [0.15, 0.2) is 0 Å². The molecule has 3 nitrogen and oxygen atoms in total. The van der Waals surface area contributed by atoms with Gasteiger partial charge in [-0.1, -0.05) is 18.2 Å². The van der Waals surface area contributed by atoms with Crippen LogP contribution in [0.5, 0.6) is 0 Å². The highest BCUT2D eigenvalue weighted by atomic mass is 16.5. The summed E-state index contributed by atoms with van der Waals surface area (Å²) in [5.74, 6) is 0. The van der Waals surface area contributed by atoms with Crippen molar-refractivity contribution in [3.63, 3.8) is 0 Å². The zero-order chi connectivity index (χ0) is 14.4. The highest BCUT2D eigenvalue weighted by Crippen LogP contribution is 2.72. The van der Waals surface area contributed by atoms with E-state index in [1.54, 1.807) is 5.56 Å². The van der Waals surface area contributed by atoms with Crippen molar-refractivity contribution in [3.8, 4) is 0 Å². The van der Waals surface area contributed by atoms with Gasteiger partial charge in [0.1, 0.15) is 5.72 Å². The van der Waals surface area contributed by atoms with Gasteiger partial charge in [0.2, 0.25) is 0 Å². The Kier molecular flexibility index (Phi) is 2.08. The van der Waals surface area contributed by atoms with Crippen LogP contribution in [0.25, 0.3) is 0 Å². The molecule has 1 N–H and O–H groups in total. The Bertz CT molecular complexity index is 661. The molecule has 0 bridgehead atoms. The molecule has 4 unspecified atom stereocenters. The maximum atomic E-state index is 6.77. The summed E-state index contributed by atoms with van der Waals surface area (Å²) in [6.07, 6.45) is 7.94. The van der Waals surface area contributed by atoms with E-state index in [1.807, 2.05) is 0 Å². The molecule has 4 heterocycles. The lowest BCUT2D eigenvalue weighted by molar-refractivity contribution is -0.230. The van der Waals surface area contributed by atoms with Crippen molar-refractivity contribution in [1.82, 2.24) is 4.90 Å². The third-order valence-corrected chi connectivity index (χ3v) is 7.76.